The molecular weight excluding hydrogens is 606 g/mol. The normalized spacial score (nSPS) is 13.1. The van der Waals surface area contributed by atoms with Gasteiger partial charge in [0.2, 0.25) is 0 Å². The number of hydrogen-bond acceptors (Lipinski definition) is 8. The van der Waals surface area contributed by atoms with Gasteiger partial charge in [0.25, 0.3) is 0 Å². The van der Waals surface area contributed by atoms with Gasteiger partial charge in [0.1, 0.15) is 11.6 Å². The van der Waals surface area contributed by atoms with Crippen molar-refractivity contribution in [3.63, 3.8) is 0 Å². The van der Waals surface area contributed by atoms with Gasteiger partial charge in [-0.05, 0) is 91.4 Å². The first kappa shape index (κ1) is 31.2. The summed E-state index contributed by atoms with van der Waals surface area (Å²) in [6.45, 7) is 7.95. The van der Waals surface area contributed by atoms with Crippen molar-refractivity contribution in [3.8, 4) is 22.5 Å². The van der Waals surface area contributed by atoms with Crippen LogP contribution < -0.4 is 0 Å². The predicted octanol–water partition coefficient (Wildman–Crippen LogP) is 6.73. The Morgan fingerprint density at radius 2 is 1.21 bits per heavy atom. The van der Waals surface area contributed by atoms with Crippen molar-refractivity contribution >= 4 is 28.8 Å². The number of hydrogen-bond donors (Lipinski definition) is 0. The van der Waals surface area contributed by atoms with E-state index in [1.54, 1.807) is 35.0 Å². The molecule has 12 heteroatoms. The van der Waals surface area contributed by atoms with Gasteiger partial charge in [0.15, 0.2) is 22.7 Å². The Hall–Kier alpha value is -5.78. The van der Waals surface area contributed by atoms with Gasteiger partial charge < -0.3 is 9.47 Å². The zero-order valence-electron chi connectivity index (χ0n) is 26.1. The van der Waals surface area contributed by atoms with Crippen LogP contribution in [0.4, 0.5) is 8.78 Å². The molecule has 1 aliphatic rings. The number of carbonyl (C=O) groups excluding carboxylic acids is 2. The van der Waals surface area contributed by atoms with E-state index in [2.05, 4.69) is 38.4 Å². The summed E-state index contributed by atoms with van der Waals surface area (Å²) >= 11 is 0. The molecule has 47 heavy (non-hydrogen) atoms. The highest BCUT2D eigenvalue weighted by Crippen LogP contribution is 2.49. The second-order valence-corrected chi connectivity index (χ2v) is 11.5. The van der Waals surface area contributed by atoms with E-state index in [9.17, 15) is 18.4 Å². The maximum atomic E-state index is 13.2. The molecule has 238 valence electrons. The molecule has 0 aliphatic heterocycles. The molecule has 1 saturated carbocycles. The SMILES string of the molecule is C=C(C)c1cc(-c2ccc(F)cc2)nn2cc(C(=O)OC)nc12.COC(=O)c1cn2nc(-c3ccc(F)cc3)cc(C3(C)CC3)c2n1. The number of ether oxygens (including phenoxy) is 2. The smallest absolute Gasteiger partial charge is 0.358 e. The quantitative estimate of drug-likeness (QED) is 0.185. The van der Waals surface area contributed by atoms with Crippen molar-refractivity contribution < 1.29 is 27.8 Å². The van der Waals surface area contributed by atoms with Gasteiger partial charge in [0, 0.05) is 22.3 Å². The molecule has 4 aromatic heterocycles. The summed E-state index contributed by atoms with van der Waals surface area (Å²) in [7, 11) is 2.62. The lowest BCUT2D eigenvalue weighted by molar-refractivity contribution is 0.0586. The molecular formula is C35H30F2N6O4. The first-order valence-electron chi connectivity index (χ1n) is 14.7. The van der Waals surface area contributed by atoms with Crippen LogP contribution in [-0.2, 0) is 14.9 Å². The lowest BCUT2D eigenvalue weighted by Crippen LogP contribution is -2.06. The summed E-state index contributed by atoms with van der Waals surface area (Å²) in [4.78, 5) is 32.1. The lowest BCUT2D eigenvalue weighted by atomic mass is 9.98. The minimum Gasteiger partial charge on any atom is -0.464 e. The fourth-order valence-electron chi connectivity index (χ4n) is 5.10. The summed E-state index contributed by atoms with van der Waals surface area (Å²) in [5.41, 5.74) is 7.13. The van der Waals surface area contributed by atoms with Crippen molar-refractivity contribution in [3.05, 3.63) is 114 Å². The van der Waals surface area contributed by atoms with Crippen LogP contribution in [0.5, 0.6) is 0 Å². The third-order valence-electron chi connectivity index (χ3n) is 8.03. The molecule has 4 heterocycles. The van der Waals surface area contributed by atoms with Crippen LogP contribution in [0.1, 0.15) is 58.8 Å². The summed E-state index contributed by atoms with van der Waals surface area (Å²) in [5, 5.41) is 8.98. The second-order valence-electron chi connectivity index (χ2n) is 11.5. The second kappa shape index (κ2) is 12.2. The molecule has 10 nitrogen and oxygen atoms in total. The van der Waals surface area contributed by atoms with Crippen LogP contribution in [0.3, 0.4) is 0 Å². The first-order chi connectivity index (χ1) is 22.5. The van der Waals surface area contributed by atoms with Crippen LogP contribution in [0.15, 0.2) is 79.6 Å². The molecule has 6 aromatic rings. The number of fused-ring (bicyclic) bond motifs is 2. The van der Waals surface area contributed by atoms with E-state index in [4.69, 9.17) is 4.74 Å². The molecule has 2 aromatic carbocycles. The maximum absolute atomic E-state index is 13.2. The molecule has 1 fully saturated rings. The third-order valence-corrected chi connectivity index (χ3v) is 8.03. The van der Waals surface area contributed by atoms with Gasteiger partial charge in [-0.25, -0.2) is 37.4 Å². The molecule has 0 unspecified atom stereocenters. The minimum atomic E-state index is -0.536. The Bertz CT molecular complexity index is 2170. The standard InChI is InChI=1S/C18H16FN3O2.C17H14FN3O2/c1-18(7-8-18)13-9-14(11-3-5-12(19)6-4-11)21-22-10-15(17(23)24-2)20-16(13)22;1-10(2)13-8-14(11-4-6-12(18)7-5-11)20-21-9-15(17(22)23-3)19-16(13)21/h3-6,9-10H,7-8H2,1-2H3;4-9H,1H2,2-3H3. The summed E-state index contributed by atoms with van der Waals surface area (Å²) in [6.07, 6.45) is 5.20. The number of halogens is 2. The van der Waals surface area contributed by atoms with Crippen molar-refractivity contribution in [2.45, 2.75) is 32.1 Å². The van der Waals surface area contributed by atoms with E-state index in [0.29, 0.717) is 17.0 Å². The average molecular weight is 637 g/mol. The molecule has 0 saturated heterocycles. The zero-order valence-corrected chi connectivity index (χ0v) is 26.1. The topological polar surface area (TPSA) is 113 Å². The van der Waals surface area contributed by atoms with Crippen LogP contribution in [-0.4, -0.2) is 55.4 Å². The summed E-state index contributed by atoms with van der Waals surface area (Å²) < 4.78 is 38.8. The van der Waals surface area contributed by atoms with Gasteiger partial charge in [-0.2, -0.15) is 10.2 Å². The Kier molecular flexibility index (Phi) is 8.10. The Labute approximate surface area is 268 Å². The van der Waals surface area contributed by atoms with E-state index in [1.165, 1.54) is 49.2 Å². The number of allylic oxidation sites excluding steroid dienone is 1. The Balaban J connectivity index is 0.000000165. The van der Waals surface area contributed by atoms with Crippen molar-refractivity contribution in [2.24, 2.45) is 0 Å². The van der Waals surface area contributed by atoms with Gasteiger partial charge in [-0.15, -0.1) is 0 Å². The average Bonchev–Trinajstić information content (AvgIpc) is 3.46. The summed E-state index contributed by atoms with van der Waals surface area (Å²) in [5.74, 6) is -1.63. The largest absolute Gasteiger partial charge is 0.464 e. The number of benzene rings is 2. The van der Waals surface area contributed by atoms with E-state index in [0.717, 1.165) is 46.4 Å². The van der Waals surface area contributed by atoms with E-state index >= 15 is 0 Å². The first-order valence-corrected chi connectivity index (χ1v) is 14.7. The summed E-state index contributed by atoms with van der Waals surface area (Å²) in [6, 6.07) is 16.0. The minimum absolute atomic E-state index is 0.0394. The van der Waals surface area contributed by atoms with Crippen molar-refractivity contribution in [2.75, 3.05) is 14.2 Å². The molecule has 1 aliphatic carbocycles. The highest BCUT2D eigenvalue weighted by atomic mass is 19.1. The van der Waals surface area contributed by atoms with Gasteiger partial charge in [-0.1, -0.05) is 13.5 Å². The highest BCUT2D eigenvalue weighted by molar-refractivity contribution is 5.89. The molecule has 0 N–H and O–H groups in total. The number of aromatic nitrogens is 6. The molecule has 0 bridgehead atoms. The van der Waals surface area contributed by atoms with E-state index in [1.807, 2.05) is 19.1 Å². The fourth-order valence-corrected chi connectivity index (χ4v) is 5.10. The Morgan fingerprint density at radius 3 is 1.66 bits per heavy atom. The predicted molar refractivity (Wildman–Crippen MR) is 171 cm³/mol. The number of rotatable bonds is 6. The van der Waals surface area contributed by atoms with Crippen molar-refractivity contribution in [1.82, 2.24) is 29.2 Å². The molecule has 0 atom stereocenters. The Morgan fingerprint density at radius 1 is 0.766 bits per heavy atom. The van der Waals surface area contributed by atoms with Crippen LogP contribution in [0, 0.1) is 11.6 Å². The van der Waals surface area contributed by atoms with Crippen LogP contribution in [0.25, 0.3) is 39.4 Å². The van der Waals surface area contributed by atoms with Gasteiger partial charge in [-0.3, -0.25) is 0 Å². The number of esters is 2. The number of carbonyl (C=O) groups is 2. The monoisotopic (exact) mass is 636 g/mol. The highest BCUT2D eigenvalue weighted by Gasteiger charge is 2.41. The van der Waals surface area contributed by atoms with E-state index < -0.39 is 11.9 Å². The molecule has 7 rings (SSSR count). The van der Waals surface area contributed by atoms with Gasteiger partial charge >= 0.3 is 11.9 Å². The number of methoxy groups -OCH3 is 2. The molecule has 0 radical (unpaired) electrons. The fraction of sp³-hybridized carbons (Fsp3) is 0.200. The van der Waals surface area contributed by atoms with E-state index in [-0.39, 0.29) is 28.4 Å². The number of nitrogens with zero attached hydrogens (tertiary/aromatic N) is 6. The van der Waals surface area contributed by atoms with Crippen LogP contribution in [0.2, 0.25) is 0 Å². The lowest BCUT2D eigenvalue weighted by Gasteiger charge is -2.12. The molecule has 0 spiro atoms. The maximum Gasteiger partial charge on any atom is 0.358 e. The number of imidazole rings is 2. The van der Waals surface area contributed by atoms with Crippen molar-refractivity contribution in [1.29, 1.82) is 0 Å². The van der Waals surface area contributed by atoms with Crippen LogP contribution >= 0.6 is 0 Å². The van der Waals surface area contributed by atoms with Gasteiger partial charge in [0.05, 0.1) is 38.0 Å². The zero-order chi connectivity index (χ0) is 33.5. The molecule has 0 amide bonds. The third kappa shape index (κ3) is 6.22.